The maximum absolute atomic E-state index is 10.6. The highest BCUT2D eigenvalue weighted by molar-refractivity contribution is 5.72. The minimum atomic E-state index is 0.500. The highest BCUT2D eigenvalue weighted by Crippen LogP contribution is 2.25. The molecule has 1 saturated heterocycles. The maximum atomic E-state index is 10.6. The van der Waals surface area contributed by atoms with Gasteiger partial charge in [-0.15, -0.1) is 0 Å². The molecule has 0 amide bonds. The largest absolute Gasteiger partial charge is 0.306 e. The summed E-state index contributed by atoms with van der Waals surface area (Å²) in [5.74, 6) is 0.500. The molecule has 1 aromatic heterocycles. The second kappa shape index (κ2) is 3.53. The Balaban J connectivity index is 2.20. The van der Waals surface area contributed by atoms with Gasteiger partial charge in [0, 0.05) is 19.5 Å². The van der Waals surface area contributed by atoms with Gasteiger partial charge < -0.3 is 4.90 Å². The Morgan fingerprint density at radius 1 is 1.57 bits per heavy atom. The second-order valence-corrected chi connectivity index (χ2v) is 3.98. The van der Waals surface area contributed by atoms with Crippen molar-refractivity contribution in [2.45, 2.75) is 12.3 Å². The highest BCUT2D eigenvalue weighted by atomic mass is 16.1. The molecule has 76 valence electrons. The first-order valence-electron chi connectivity index (χ1n) is 4.88. The van der Waals surface area contributed by atoms with Gasteiger partial charge >= 0.3 is 0 Å². The summed E-state index contributed by atoms with van der Waals surface area (Å²) in [6, 6.07) is 1.90. The number of aromatic nitrogens is 2. The smallest absolute Gasteiger partial charge is 0.168 e. The van der Waals surface area contributed by atoms with E-state index in [1.54, 1.807) is 4.68 Å². The molecule has 1 fully saturated rings. The molecule has 2 heterocycles. The zero-order chi connectivity index (χ0) is 10.1. The number of hydrogen-bond acceptors (Lipinski definition) is 3. The van der Waals surface area contributed by atoms with Crippen LogP contribution in [-0.4, -0.2) is 41.1 Å². The zero-order valence-corrected chi connectivity index (χ0v) is 8.60. The van der Waals surface area contributed by atoms with Crippen LogP contribution in [0.5, 0.6) is 0 Å². The summed E-state index contributed by atoms with van der Waals surface area (Å²) in [7, 11) is 3.93. The van der Waals surface area contributed by atoms with Crippen LogP contribution in [-0.2, 0) is 7.05 Å². The van der Waals surface area contributed by atoms with Crippen LogP contribution in [0.1, 0.15) is 28.5 Å². The molecule has 0 aromatic carbocycles. The van der Waals surface area contributed by atoms with Gasteiger partial charge in [0.2, 0.25) is 0 Å². The van der Waals surface area contributed by atoms with Crippen molar-refractivity contribution in [3.05, 3.63) is 17.5 Å². The molecule has 1 aliphatic heterocycles. The second-order valence-electron chi connectivity index (χ2n) is 3.98. The minimum Gasteiger partial charge on any atom is -0.306 e. The molecule has 0 radical (unpaired) electrons. The molecule has 1 aliphatic rings. The van der Waals surface area contributed by atoms with Gasteiger partial charge in [0.05, 0.1) is 5.69 Å². The number of hydrogen-bond donors (Lipinski definition) is 0. The molecule has 2 rings (SSSR count). The zero-order valence-electron chi connectivity index (χ0n) is 8.60. The monoisotopic (exact) mass is 193 g/mol. The van der Waals surface area contributed by atoms with E-state index in [1.807, 2.05) is 13.1 Å². The standard InChI is InChI=1S/C10H15N3O/c1-12-4-3-8(6-12)10-5-9(7-14)13(2)11-10/h5,7-8H,3-4,6H2,1-2H3. The molecule has 4 nitrogen and oxygen atoms in total. The SMILES string of the molecule is CN1CCC(c2cc(C=O)n(C)n2)C1. The van der Waals surface area contributed by atoms with Gasteiger partial charge in [-0.25, -0.2) is 0 Å². The van der Waals surface area contributed by atoms with Crippen LogP contribution in [0.25, 0.3) is 0 Å². The fourth-order valence-electron chi connectivity index (χ4n) is 1.99. The first-order valence-corrected chi connectivity index (χ1v) is 4.88. The summed E-state index contributed by atoms with van der Waals surface area (Å²) in [5, 5.41) is 4.36. The van der Waals surface area contributed by atoms with Crippen LogP contribution in [0.2, 0.25) is 0 Å². The van der Waals surface area contributed by atoms with Crippen molar-refractivity contribution in [2.24, 2.45) is 7.05 Å². The highest BCUT2D eigenvalue weighted by Gasteiger charge is 2.23. The number of rotatable bonds is 2. The maximum Gasteiger partial charge on any atom is 0.168 e. The van der Waals surface area contributed by atoms with Gasteiger partial charge in [-0.2, -0.15) is 5.10 Å². The Morgan fingerprint density at radius 3 is 2.86 bits per heavy atom. The lowest BCUT2D eigenvalue weighted by Gasteiger charge is -2.06. The molecule has 1 aromatic rings. The molecular formula is C10H15N3O. The lowest BCUT2D eigenvalue weighted by Crippen LogP contribution is -2.13. The topological polar surface area (TPSA) is 38.1 Å². The fraction of sp³-hybridized carbons (Fsp3) is 0.600. The van der Waals surface area contributed by atoms with Gasteiger partial charge in [-0.3, -0.25) is 9.48 Å². The van der Waals surface area contributed by atoms with Gasteiger partial charge in [-0.05, 0) is 26.1 Å². The number of carbonyl (C=O) groups excluding carboxylic acids is 1. The third-order valence-electron chi connectivity index (χ3n) is 2.87. The minimum absolute atomic E-state index is 0.500. The molecule has 1 unspecified atom stereocenters. The van der Waals surface area contributed by atoms with Gasteiger partial charge in [0.15, 0.2) is 6.29 Å². The van der Waals surface area contributed by atoms with Crippen LogP contribution in [0.3, 0.4) is 0 Å². The van der Waals surface area contributed by atoms with E-state index in [9.17, 15) is 4.79 Å². The van der Waals surface area contributed by atoms with E-state index in [-0.39, 0.29) is 0 Å². The molecule has 0 N–H and O–H groups in total. The van der Waals surface area contributed by atoms with Crippen LogP contribution in [0, 0.1) is 0 Å². The first kappa shape index (κ1) is 9.40. The van der Waals surface area contributed by atoms with Crippen molar-refractivity contribution < 1.29 is 4.79 Å². The summed E-state index contributed by atoms with van der Waals surface area (Å²) in [6.45, 7) is 2.17. The molecule has 14 heavy (non-hydrogen) atoms. The lowest BCUT2D eigenvalue weighted by atomic mass is 10.1. The van der Waals surface area contributed by atoms with Gasteiger partial charge in [-0.1, -0.05) is 0 Å². The van der Waals surface area contributed by atoms with E-state index < -0.39 is 0 Å². The summed E-state index contributed by atoms with van der Waals surface area (Å²) >= 11 is 0. The van der Waals surface area contributed by atoms with Crippen molar-refractivity contribution in [3.63, 3.8) is 0 Å². The molecule has 0 aliphatic carbocycles. The fourth-order valence-corrected chi connectivity index (χ4v) is 1.99. The molecule has 1 atom stereocenters. The Morgan fingerprint density at radius 2 is 2.36 bits per heavy atom. The van der Waals surface area contributed by atoms with E-state index in [0.29, 0.717) is 11.6 Å². The van der Waals surface area contributed by atoms with Crippen LogP contribution < -0.4 is 0 Å². The quantitative estimate of drug-likeness (QED) is 0.647. The van der Waals surface area contributed by atoms with Crippen molar-refractivity contribution >= 4 is 6.29 Å². The van der Waals surface area contributed by atoms with E-state index >= 15 is 0 Å². The summed E-state index contributed by atoms with van der Waals surface area (Å²) in [5.41, 5.74) is 1.72. The molecule has 0 bridgehead atoms. The number of aryl methyl sites for hydroxylation is 1. The van der Waals surface area contributed by atoms with Gasteiger partial charge in [0.1, 0.15) is 5.69 Å². The predicted molar refractivity (Wildman–Crippen MR) is 53.5 cm³/mol. The van der Waals surface area contributed by atoms with E-state index in [1.165, 1.54) is 0 Å². The van der Waals surface area contributed by atoms with Crippen molar-refractivity contribution in [1.29, 1.82) is 0 Å². The lowest BCUT2D eigenvalue weighted by molar-refractivity contribution is 0.111. The summed E-state index contributed by atoms with van der Waals surface area (Å²) in [6.07, 6.45) is 2.00. The molecule has 4 heteroatoms. The summed E-state index contributed by atoms with van der Waals surface area (Å²) in [4.78, 5) is 12.9. The molecular weight excluding hydrogens is 178 g/mol. The number of aldehydes is 1. The molecule has 0 spiro atoms. The van der Waals surface area contributed by atoms with Crippen LogP contribution >= 0.6 is 0 Å². The Labute approximate surface area is 83.5 Å². The van der Waals surface area contributed by atoms with E-state index in [2.05, 4.69) is 17.0 Å². The van der Waals surface area contributed by atoms with E-state index in [4.69, 9.17) is 0 Å². The van der Waals surface area contributed by atoms with Crippen molar-refractivity contribution in [2.75, 3.05) is 20.1 Å². The number of nitrogens with zero attached hydrogens (tertiary/aromatic N) is 3. The molecule has 0 saturated carbocycles. The van der Waals surface area contributed by atoms with Gasteiger partial charge in [0.25, 0.3) is 0 Å². The number of carbonyl (C=O) groups is 1. The average molecular weight is 193 g/mol. The summed E-state index contributed by atoms with van der Waals surface area (Å²) < 4.78 is 1.65. The first-order chi connectivity index (χ1) is 6.70. The van der Waals surface area contributed by atoms with Crippen molar-refractivity contribution in [3.8, 4) is 0 Å². The third-order valence-corrected chi connectivity index (χ3v) is 2.87. The Hall–Kier alpha value is -1.16. The number of likely N-dealkylation sites (tertiary alicyclic amines) is 1. The van der Waals surface area contributed by atoms with Crippen molar-refractivity contribution in [1.82, 2.24) is 14.7 Å². The van der Waals surface area contributed by atoms with Crippen LogP contribution in [0.15, 0.2) is 6.07 Å². The predicted octanol–water partition coefficient (Wildman–Crippen LogP) is 0.652. The average Bonchev–Trinajstić information content (AvgIpc) is 2.71. The van der Waals surface area contributed by atoms with Crippen LogP contribution in [0.4, 0.5) is 0 Å². The Bertz CT molecular complexity index is 345. The van der Waals surface area contributed by atoms with E-state index in [0.717, 1.165) is 31.5 Å². The normalized spacial score (nSPS) is 22.9. The number of likely N-dealkylation sites (N-methyl/N-ethyl adjacent to an activating group) is 1. The Kier molecular flexibility index (Phi) is 2.37. The third kappa shape index (κ3) is 1.57.